The lowest BCUT2D eigenvalue weighted by atomic mass is 10.1. The highest BCUT2D eigenvalue weighted by atomic mass is 16.7. The summed E-state index contributed by atoms with van der Waals surface area (Å²) in [6, 6.07) is 23.3. The first-order valence-electron chi connectivity index (χ1n) is 10.9. The number of benzene rings is 4. The molecule has 2 N–H and O–H groups in total. The molecule has 4 aromatic rings. The fraction of sp³-hybridized carbons (Fsp3) is 0.111. The zero-order valence-corrected chi connectivity index (χ0v) is 18.9. The van der Waals surface area contributed by atoms with Crippen LogP contribution in [0, 0.1) is 0 Å². The number of methoxy groups -OCH3 is 1. The van der Waals surface area contributed by atoms with Crippen molar-refractivity contribution in [1.82, 2.24) is 0 Å². The topological polar surface area (TPSA) is 95.1 Å². The molecule has 176 valence electrons. The lowest BCUT2D eigenvalue weighted by molar-refractivity contribution is -0.118. The van der Waals surface area contributed by atoms with Crippen LogP contribution in [0.2, 0.25) is 0 Å². The minimum Gasteiger partial charge on any atom is -0.495 e. The molecule has 0 aliphatic carbocycles. The van der Waals surface area contributed by atoms with Gasteiger partial charge in [-0.1, -0.05) is 36.4 Å². The van der Waals surface area contributed by atoms with Gasteiger partial charge in [0.1, 0.15) is 11.5 Å². The first-order valence-corrected chi connectivity index (χ1v) is 10.9. The first-order chi connectivity index (χ1) is 17.1. The largest absolute Gasteiger partial charge is 0.495 e. The van der Waals surface area contributed by atoms with Crippen LogP contribution in [0.15, 0.2) is 78.9 Å². The Morgan fingerprint density at radius 2 is 1.57 bits per heavy atom. The normalized spacial score (nSPS) is 11.7. The van der Waals surface area contributed by atoms with Crippen LogP contribution in [-0.2, 0) is 4.79 Å². The number of nitrogens with one attached hydrogen (secondary N) is 2. The summed E-state index contributed by atoms with van der Waals surface area (Å²) in [5.74, 6) is 1.25. The van der Waals surface area contributed by atoms with Gasteiger partial charge >= 0.3 is 0 Å². The minimum atomic E-state index is -0.383. The van der Waals surface area contributed by atoms with Crippen LogP contribution in [0.25, 0.3) is 10.8 Å². The van der Waals surface area contributed by atoms with Gasteiger partial charge in [-0.3, -0.25) is 9.59 Å². The van der Waals surface area contributed by atoms with E-state index in [1.807, 2.05) is 30.3 Å². The van der Waals surface area contributed by atoms with Gasteiger partial charge in [-0.15, -0.1) is 0 Å². The molecule has 1 aliphatic rings. The molecule has 1 aliphatic heterocycles. The van der Waals surface area contributed by atoms with Gasteiger partial charge in [0.2, 0.25) is 6.79 Å². The number of carbonyl (C=O) groups is 2. The predicted octanol–water partition coefficient (Wildman–Crippen LogP) is 4.85. The van der Waals surface area contributed by atoms with E-state index in [0.29, 0.717) is 34.2 Å². The predicted molar refractivity (Wildman–Crippen MR) is 132 cm³/mol. The van der Waals surface area contributed by atoms with Crippen molar-refractivity contribution < 1.29 is 28.5 Å². The fourth-order valence-electron chi connectivity index (χ4n) is 3.77. The van der Waals surface area contributed by atoms with Crippen molar-refractivity contribution >= 4 is 34.0 Å². The van der Waals surface area contributed by atoms with Gasteiger partial charge in [0.15, 0.2) is 18.1 Å². The van der Waals surface area contributed by atoms with Crippen LogP contribution in [-0.4, -0.2) is 32.3 Å². The van der Waals surface area contributed by atoms with Crippen molar-refractivity contribution in [3.63, 3.8) is 0 Å². The summed E-state index contributed by atoms with van der Waals surface area (Å²) in [7, 11) is 1.54. The summed E-state index contributed by atoms with van der Waals surface area (Å²) in [6.45, 7) is -0.140. The van der Waals surface area contributed by atoms with Crippen LogP contribution in [0.1, 0.15) is 10.4 Å². The van der Waals surface area contributed by atoms with Crippen molar-refractivity contribution in [3.8, 4) is 23.0 Å². The van der Waals surface area contributed by atoms with Crippen LogP contribution >= 0.6 is 0 Å². The molecule has 1 heterocycles. The minimum absolute atomic E-state index is 0.150. The molecule has 4 aromatic carbocycles. The molecule has 0 bridgehead atoms. The molecule has 2 amide bonds. The van der Waals surface area contributed by atoms with Crippen LogP contribution in [0.5, 0.6) is 23.0 Å². The first kappa shape index (κ1) is 22.1. The fourth-order valence-corrected chi connectivity index (χ4v) is 3.77. The van der Waals surface area contributed by atoms with Crippen molar-refractivity contribution in [3.05, 3.63) is 84.4 Å². The van der Waals surface area contributed by atoms with E-state index in [4.69, 9.17) is 18.9 Å². The van der Waals surface area contributed by atoms with E-state index >= 15 is 0 Å². The molecular formula is C27H22N2O6. The zero-order chi connectivity index (χ0) is 24.2. The summed E-state index contributed by atoms with van der Waals surface area (Å²) in [4.78, 5) is 25.8. The smallest absolute Gasteiger partial charge is 0.262 e. The van der Waals surface area contributed by atoms with E-state index in [1.165, 1.54) is 7.11 Å². The molecule has 5 rings (SSSR count). The maximum Gasteiger partial charge on any atom is 0.262 e. The summed E-state index contributed by atoms with van der Waals surface area (Å²) < 4.78 is 21.8. The number of hydrogen-bond acceptors (Lipinski definition) is 6. The van der Waals surface area contributed by atoms with Gasteiger partial charge in [0.05, 0.1) is 18.4 Å². The summed E-state index contributed by atoms with van der Waals surface area (Å²) in [5.41, 5.74) is 1.38. The molecule has 0 spiro atoms. The third-order valence-corrected chi connectivity index (χ3v) is 5.46. The molecular weight excluding hydrogens is 448 g/mol. The van der Waals surface area contributed by atoms with E-state index in [0.717, 1.165) is 10.8 Å². The van der Waals surface area contributed by atoms with Gasteiger partial charge in [-0.2, -0.15) is 0 Å². The van der Waals surface area contributed by atoms with Gasteiger partial charge < -0.3 is 29.6 Å². The molecule has 0 radical (unpaired) electrons. The Kier molecular flexibility index (Phi) is 6.09. The lowest BCUT2D eigenvalue weighted by Gasteiger charge is -2.15. The number of rotatable bonds is 7. The molecule has 0 aromatic heterocycles. The lowest BCUT2D eigenvalue weighted by Crippen LogP contribution is -2.21. The highest BCUT2D eigenvalue weighted by molar-refractivity contribution is 6.09. The molecule has 0 atom stereocenters. The van der Waals surface area contributed by atoms with E-state index in [2.05, 4.69) is 10.6 Å². The number of para-hydroxylation sites is 2. The van der Waals surface area contributed by atoms with Crippen molar-refractivity contribution in [2.75, 3.05) is 31.1 Å². The maximum absolute atomic E-state index is 13.2. The monoisotopic (exact) mass is 470 g/mol. The molecule has 35 heavy (non-hydrogen) atoms. The number of carbonyl (C=O) groups excluding carboxylic acids is 2. The molecule has 0 fully saturated rings. The van der Waals surface area contributed by atoms with Gasteiger partial charge in [0, 0.05) is 11.8 Å². The van der Waals surface area contributed by atoms with Crippen LogP contribution < -0.4 is 29.6 Å². The van der Waals surface area contributed by atoms with Crippen molar-refractivity contribution in [1.29, 1.82) is 0 Å². The highest BCUT2D eigenvalue weighted by Gasteiger charge is 2.18. The Hall–Kier alpha value is -4.72. The second-order valence-corrected chi connectivity index (χ2v) is 7.75. The van der Waals surface area contributed by atoms with Gasteiger partial charge in [0.25, 0.3) is 11.8 Å². The second kappa shape index (κ2) is 9.64. The SMILES string of the molecule is COc1ccccc1NC(=O)c1cc2ccccc2cc1OCC(=O)Nc1ccc2c(c1)OCO2. The Morgan fingerprint density at radius 3 is 2.40 bits per heavy atom. The Morgan fingerprint density at radius 1 is 0.829 bits per heavy atom. The highest BCUT2D eigenvalue weighted by Crippen LogP contribution is 2.34. The summed E-state index contributed by atoms with van der Waals surface area (Å²) in [6.07, 6.45) is 0. The van der Waals surface area contributed by atoms with Gasteiger partial charge in [-0.25, -0.2) is 0 Å². The number of fused-ring (bicyclic) bond motifs is 2. The molecule has 0 saturated heterocycles. The van der Waals surface area contributed by atoms with Gasteiger partial charge in [-0.05, 0) is 47.2 Å². The Bertz CT molecular complexity index is 1420. The van der Waals surface area contributed by atoms with Crippen LogP contribution in [0.3, 0.4) is 0 Å². The molecule has 0 saturated carbocycles. The maximum atomic E-state index is 13.2. The molecule has 8 heteroatoms. The van der Waals surface area contributed by atoms with E-state index in [1.54, 1.807) is 48.5 Å². The number of anilines is 2. The standard InChI is InChI=1S/C27H22N2O6/c1-32-22-9-5-4-8-21(22)29-27(31)20-12-17-6-2-3-7-18(17)13-24(20)33-15-26(30)28-19-10-11-23-25(14-19)35-16-34-23/h2-14H,15-16H2,1H3,(H,28,30)(H,29,31). The second-order valence-electron chi connectivity index (χ2n) is 7.75. The number of ether oxygens (including phenoxy) is 4. The van der Waals surface area contributed by atoms with Crippen molar-refractivity contribution in [2.45, 2.75) is 0 Å². The van der Waals surface area contributed by atoms with E-state index in [9.17, 15) is 9.59 Å². The Balaban J connectivity index is 1.36. The van der Waals surface area contributed by atoms with E-state index in [-0.39, 0.29) is 31.0 Å². The summed E-state index contributed by atoms with van der Waals surface area (Å²) in [5, 5.41) is 7.38. The third-order valence-electron chi connectivity index (χ3n) is 5.46. The third kappa shape index (κ3) is 4.81. The average molecular weight is 470 g/mol. The molecule has 0 unspecified atom stereocenters. The van der Waals surface area contributed by atoms with Crippen molar-refractivity contribution in [2.24, 2.45) is 0 Å². The number of hydrogen-bond donors (Lipinski definition) is 2. The van der Waals surface area contributed by atoms with E-state index < -0.39 is 0 Å². The summed E-state index contributed by atoms with van der Waals surface area (Å²) >= 11 is 0. The molecule has 8 nitrogen and oxygen atoms in total. The Labute approximate surface area is 201 Å². The number of amides is 2. The average Bonchev–Trinajstić information content (AvgIpc) is 3.35. The zero-order valence-electron chi connectivity index (χ0n) is 18.9. The quantitative estimate of drug-likeness (QED) is 0.401. The van der Waals surface area contributed by atoms with Crippen LogP contribution in [0.4, 0.5) is 11.4 Å².